The molecule has 1 unspecified atom stereocenters. The van der Waals surface area contributed by atoms with Gasteiger partial charge < -0.3 is 5.32 Å². The molecule has 0 spiro atoms. The summed E-state index contributed by atoms with van der Waals surface area (Å²) in [6, 6.07) is 10.4. The summed E-state index contributed by atoms with van der Waals surface area (Å²) in [6.45, 7) is 2.71. The molecule has 0 aliphatic heterocycles. The van der Waals surface area contributed by atoms with Gasteiger partial charge in [0.25, 0.3) is 0 Å². The molecule has 0 amide bonds. The van der Waals surface area contributed by atoms with Gasteiger partial charge in [-0.1, -0.05) is 25.1 Å². The van der Waals surface area contributed by atoms with Gasteiger partial charge in [0.15, 0.2) is 0 Å². The van der Waals surface area contributed by atoms with E-state index in [9.17, 15) is 8.78 Å². The monoisotopic (exact) mass is 465 g/mol. The Hall–Kier alpha value is -0.530. The van der Waals surface area contributed by atoms with E-state index in [1.54, 1.807) is 0 Å². The molecule has 1 nitrogen and oxygen atoms in total. The molecule has 0 aromatic heterocycles. The van der Waals surface area contributed by atoms with Crippen LogP contribution < -0.4 is 5.32 Å². The first-order valence-corrected chi connectivity index (χ1v) is 8.52. The average molecular weight is 466 g/mol. The van der Waals surface area contributed by atoms with E-state index >= 15 is 0 Å². The quantitative estimate of drug-likeness (QED) is 0.471. The van der Waals surface area contributed by atoms with Crippen LogP contribution in [0, 0.1) is 15.2 Å². The molecule has 0 radical (unpaired) electrons. The van der Waals surface area contributed by atoms with E-state index < -0.39 is 11.6 Å². The van der Waals surface area contributed by atoms with E-state index in [1.807, 2.05) is 31.2 Å². The van der Waals surface area contributed by atoms with Crippen molar-refractivity contribution in [2.45, 2.75) is 19.4 Å². The summed E-state index contributed by atoms with van der Waals surface area (Å²) >= 11 is 5.36. The Bertz CT molecular complexity index is 634. The number of benzene rings is 2. The van der Waals surface area contributed by atoms with Crippen molar-refractivity contribution in [1.82, 2.24) is 5.32 Å². The van der Waals surface area contributed by atoms with Crippen LogP contribution in [0.25, 0.3) is 0 Å². The van der Waals surface area contributed by atoms with Gasteiger partial charge in [-0.25, -0.2) is 8.78 Å². The topological polar surface area (TPSA) is 12.0 Å². The average Bonchev–Trinajstić information content (AvgIpc) is 2.47. The molecule has 21 heavy (non-hydrogen) atoms. The highest BCUT2D eigenvalue weighted by Crippen LogP contribution is 2.28. The molecule has 0 aliphatic carbocycles. The second kappa shape index (κ2) is 7.65. The predicted octanol–water partition coefficient (Wildman–Crippen LogP) is 5.23. The Morgan fingerprint density at radius 2 is 1.90 bits per heavy atom. The summed E-state index contributed by atoms with van der Waals surface area (Å²) in [5.41, 5.74) is 1.16. The molecule has 0 aliphatic rings. The Morgan fingerprint density at radius 3 is 2.57 bits per heavy atom. The molecule has 0 heterocycles. The maximum atomic E-state index is 14.2. The summed E-state index contributed by atoms with van der Waals surface area (Å²) in [7, 11) is 0. The second-order valence-corrected chi connectivity index (χ2v) is 6.67. The SMILES string of the molecule is CCNC(Cc1c(F)ccc(Br)c1F)c1ccccc1I. The lowest BCUT2D eigenvalue weighted by Crippen LogP contribution is -2.24. The van der Waals surface area contributed by atoms with Crippen LogP contribution in [0.1, 0.15) is 24.1 Å². The first-order valence-electron chi connectivity index (χ1n) is 6.64. The Morgan fingerprint density at radius 1 is 1.19 bits per heavy atom. The molecular weight excluding hydrogens is 451 g/mol. The van der Waals surface area contributed by atoms with Crippen molar-refractivity contribution in [3.05, 3.63) is 67.2 Å². The molecule has 2 rings (SSSR count). The molecule has 112 valence electrons. The first-order chi connectivity index (χ1) is 10.0. The highest BCUT2D eigenvalue weighted by atomic mass is 127. The summed E-state index contributed by atoms with van der Waals surface area (Å²) < 4.78 is 29.5. The highest BCUT2D eigenvalue weighted by molar-refractivity contribution is 14.1. The molecule has 0 saturated heterocycles. The second-order valence-electron chi connectivity index (χ2n) is 4.66. The smallest absolute Gasteiger partial charge is 0.143 e. The van der Waals surface area contributed by atoms with E-state index in [0.717, 1.165) is 15.7 Å². The van der Waals surface area contributed by atoms with Crippen molar-refractivity contribution in [2.75, 3.05) is 6.54 Å². The van der Waals surface area contributed by atoms with E-state index in [1.165, 1.54) is 12.1 Å². The zero-order valence-corrected chi connectivity index (χ0v) is 15.2. The fourth-order valence-corrected chi connectivity index (χ4v) is 3.39. The van der Waals surface area contributed by atoms with Gasteiger partial charge in [0.2, 0.25) is 0 Å². The van der Waals surface area contributed by atoms with Gasteiger partial charge in [0.1, 0.15) is 11.6 Å². The number of rotatable bonds is 5. The fraction of sp³-hybridized carbons (Fsp3) is 0.250. The van der Waals surface area contributed by atoms with Crippen LogP contribution >= 0.6 is 38.5 Å². The molecule has 1 N–H and O–H groups in total. The highest BCUT2D eigenvalue weighted by Gasteiger charge is 2.20. The maximum Gasteiger partial charge on any atom is 0.143 e. The van der Waals surface area contributed by atoms with Crippen molar-refractivity contribution < 1.29 is 8.78 Å². The van der Waals surface area contributed by atoms with E-state index in [4.69, 9.17) is 0 Å². The van der Waals surface area contributed by atoms with Gasteiger partial charge in [-0.2, -0.15) is 0 Å². The van der Waals surface area contributed by atoms with Crippen LogP contribution in [-0.2, 0) is 6.42 Å². The van der Waals surface area contributed by atoms with Gasteiger partial charge in [-0.15, -0.1) is 0 Å². The molecule has 0 bridgehead atoms. The van der Waals surface area contributed by atoms with Crippen molar-refractivity contribution >= 4 is 38.5 Å². The lowest BCUT2D eigenvalue weighted by Gasteiger charge is -2.20. The van der Waals surface area contributed by atoms with Crippen LogP contribution in [0.5, 0.6) is 0 Å². The van der Waals surface area contributed by atoms with Gasteiger partial charge in [0, 0.05) is 15.2 Å². The van der Waals surface area contributed by atoms with Gasteiger partial charge >= 0.3 is 0 Å². The van der Waals surface area contributed by atoms with Crippen molar-refractivity contribution in [2.24, 2.45) is 0 Å². The summed E-state index contributed by atoms with van der Waals surface area (Å²) in [5, 5.41) is 3.31. The molecular formula is C16H15BrF2IN. The number of halogens is 4. The minimum Gasteiger partial charge on any atom is -0.310 e. The molecule has 1 atom stereocenters. The fourth-order valence-electron chi connectivity index (χ4n) is 2.26. The Balaban J connectivity index is 2.38. The van der Waals surface area contributed by atoms with Crippen LogP contribution in [-0.4, -0.2) is 6.54 Å². The predicted molar refractivity (Wildman–Crippen MR) is 93.3 cm³/mol. The van der Waals surface area contributed by atoms with E-state index in [-0.39, 0.29) is 22.5 Å². The summed E-state index contributed by atoms with van der Waals surface area (Å²) in [4.78, 5) is 0. The third-order valence-electron chi connectivity index (χ3n) is 3.28. The van der Waals surface area contributed by atoms with Gasteiger partial charge in [0.05, 0.1) is 4.47 Å². The third kappa shape index (κ3) is 4.02. The third-order valence-corrected chi connectivity index (χ3v) is 4.87. The zero-order valence-electron chi connectivity index (χ0n) is 11.5. The van der Waals surface area contributed by atoms with Crippen LogP contribution in [0.15, 0.2) is 40.9 Å². The first kappa shape index (κ1) is 16.8. The number of hydrogen-bond donors (Lipinski definition) is 1. The normalized spacial score (nSPS) is 12.4. The Labute approximate surface area is 145 Å². The van der Waals surface area contributed by atoms with Crippen LogP contribution in [0.2, 0.25) is 0 Å². The molecule has 0 fully saturated rings. The Kier molecular flexibility index (Phi) is 6.13. The largest absolute Gasteiger partial charge is 0.310 e. The lowest BCUT2D eigenvalue weighted by molar-refractivity contribution is 0.496. The minimum atomic E-state index is -0.524. The molecule has 0 saturated carbocycles. The lowest BCUT2D eigenvalue weighted by atomic mass is 9.98. The van der Waals surface area contributed by atoms with Gasteiger partial charge in [-0.3, -0.25) is 0 Å². The van der Waals surface area contributed by atoms with Crippen molar-refractivity contribution in [1.29, 1.82) is 0 Å². The van der Waals surface area contributed by atoms with Crippen molar-refractivity contribution in [3.63, 3.8) is 0 Å². The molecule has 2 aromatic carbocycles. The van der Waals surface area contributed by atoms with Crippen LogP contribution in [0.3, 0.4) is 0 Å². The van der Waals surface area contributed by atoms with E-state index in [0.29, 0.717) is 0 Å². The summed E-state index contributed by atoms with van der Waals surface area (Å²) in [6.07, 6.45) is 0.269. The summed E-state index contributed by atoms with van der Waals surface area (Å²) in [5.74, 6) is -1.03. The molecule has 2 aromatic rings. The number of hydrogen-bond acceptors (Lipinski definition) is 1. The van der Waals surface area contributed by atoms with Crippen LogP contribution in [0.4, 0.5) is 8.78 Å². The van der Waals surface area contributed by atoms with Gasteiger partial charge in [-0.05, 0) is 75.2 Å². The zero-order chi connectivity index (χ0) is 15.4. The minimum absolute atomic E-state index is 0.106. The number of nitrogens with one attached hydrogen (secondary N) is 1. The number of likely N-dealkylation sites (N-methyl/N-ethyl adjacent to an activating group) is 1. The maximum absolute atomic E-state index is 14.2. The standard InChI is InChI=1S/C16H15BrF2IN/c1-2-21-15(10-5-3-4-6-14(10)20)9-11-13(18)8-7-12(17)16(11)19/h3-8,15,21H,2,9H2,1H3. The van der Waals surface area contributed by atoms with E-state index in [2.05, 4.69) is 43.8 Å². The van der Waals surface area contributed by atoms with Crippen molar-refractivity contribution in [3.8, 4) is 0 Å². The molecule has 5 heteroatoms.